The number of sulfone groups is 2. The van der Waals surface area contributed by atoms with Crippen LogP contribution in [0.5, 0.6) is 11.5 Å². The lowest BCUT2D eigenvalue weighted by molar-refractivity contribution is -0.139. The molecule has 324 valence electrons. The fourth-order valence-corrected chi connectivity index (χ4v) is 9.26. The zero-order chi connectivity index (χ0) is 45.1. The molecule has 0 saturated carbocycles. The van der Waals surface area contributed by atoms with Crippen LogP contribution in [0.3, 0.4) is 0 Å². The average molecular weight is 892 g/mol. The zero-order valence-electron chi connectivity index (χ0n) is 36.1. The van der Waals surface area contributed by atoms with Crippen LogP contribution in [0.1, 0.15) is 75.2 Å². The number of benzene rings is 4. The number of esters is 1. The Bertz CT molecular complexity index is 2750. The summed E-state index contributed by atoms with van der Waals surface area (Å²) in [6.07, 6.45) is -0.324. The minimum atomic E-state index is -4.05. The number of halogens is 1. The Kier molecular flexibility index (Phi) is 13.9. The molecule has 0 saturated heterocycles. The van der Waals surface area contributed by atoms with E-state index in [2.05, 4.69) is 41.4 Å². The van der Waals surface area contributed by atoms with Crippen LogP contribution in [0.4, 0.5) is 0 Å². The van der Waals surface area contributed by atoms with Crippen molar-refractivity contribution in [3.63, 3.8) is 0 Å². The fraction of sp³-hybridized carbons (Fsp3) is 0.341. The van der Waals surface area contributed by atoms with Gasteiger partial charge in [-0.25, -0.2) is 26.2 Å². The van der Waals surface area contributed by atoms with Crippen molar-refractivity contribution in [2.24, 2.45) is 0 Å². The Hall–Kier alpha value is -5.58. The summed E-state index contributed by atoms with van der Waals surface area (Å²) in [5, 5.41) is 15.6. The van der Waals surface area contributed by atoms with Gasteiger partial charge in [0.05, 0.1) is 54.8 Å². The molecule has 0 amide bonds. The highest BCUT2D eigenvalue weighted by Gasteiger charge is 2.32. The lowest BCUT2D eigenvalue weighted by atomic mass is 9.87. The maximum absolute atomic E-state index is 13.5. The van der Waals surface area contributed by atoms with E-state index in [0.717, 1.165) is 22.3 Å². The number of ether oxygens (including phenoxy) is 3. The van der Waals surface area contributed by atoms with Crippen molar-refractivity contribution in [1.82, 2.24) is 30.0 Å². The smallest absolute Gasteiger partial charge is 0.311 e. The van der Waals surface area contributed by atoms with Crippen LogP contribution in [0, 0.1) is 13.8 Å². The molecule has 2 heterocycles. The number of nitrogens with zero attached hydrogens (tertiary/aromatic N) is 6. The third-order valence-corrected chi connectivity index (χ3v) is 13.5. The third kappa shape index (κ3) is 9.98. The Balaban J connectivity index is 0.000000232. The van der Waals surface area contributed by atoms with E-state index in [1.165, 1.54) is 23.6 Å². The average Bonchev–Trinajstić information content (AvgIpc) is 3.86. The minimum Gasteiger partial charge on any atom is -0.494 e. The summed E-state index contributed by atoms with van der Waals surface area (Å²) in [5.74, 6) is 0.328. The van der Waals surface area contributed by atoms with Gasteiger partial charge in [0.1, 0.15) is 22.9 Å². The van der Waals surface area contributed by atoms with Crippen molar-refractivity contribution in [3.8, 4) is 22.9 Å². The Morgan fingerprint density at radius 2 is 0.984 bits per heavy atom. The summed E-state index contributed by atoms with van der Waals surface area (Å²) in [7, 11) is -3.65. The van der Waals surface area contributed by atoms with Gasteiger partial charge in [0.15, 0.2) is 0 Å². The molecule has 14 nitrogen and oxygen atoms in total. The maximum Gasteiger partial charge on any atom is 0.311 e. The molecule has 0 unspecified atom stereocenters. The highest BCUT2D eigenvalue weighted by Crippen LogP contribution is 2.33. The van der Waals surface area contributed by atoms with Gasteiger partial charge in [0.25, 0.3) is 0 Å². The molecule has 0 N–H and O–H groups in total. The topological polar surface area (TPSA) is 174 Å². The van der Waals surface area contributed by atoms with Crippen molar-refractivity contribution in [2.75, 3.05) is 21.3 Å². The third-order valence-electron chi connectivity index (χ3n) is 9.82. The molecule has 2 aromatic heterocycles. The van der Waals surface area contributed by atoms with Gasteiger partial charge < -0.3 is 14.2 Å². The molecule has 0 bridgehead atoms. The molecular weight excluding hydrogens is 840 g/mol. The molecule has 0 aliphatic rings. The number of aryl methyl sites for hydroxylation is 2. The van der Waals surface area contributed by atoms with Crippen molar-refractivity contribution in [1.29, 1.82) is 0 Å². The monoisotopic (exact) mass is 890 g/mol. The number of hydrogen-bond donors (Lipinski definition) is 0. The number of alkyl halides is 1. The lowest BCUT2D eigenvalue weighted by Gasteiger charge is -2.19. The second kappa shape index (κ2) is 18.2. The molecular formula is C44H51ClN6O8S2. The second-order valence-electron chi connectivity index (χ2n) is 16.3. The van der Waals surface area contributed by atoms with Crippen LogP contribution in [-0.2, 0) is 52.3 Å². The van der Waals surface area contributed by atoms with Crippen LogP contribution in [0.2, 0.25) is 0 Å². The van der Waals surface area contributed by atoms with Crippen LogP contribution in [-0.4, -0.2) is 74.1 Å². The normalized spacial score (nSPS) is 12.1. The Morgan fingerprint density at radius 1 is 0.607 bits per heavy atom. The van der Waals surface area contributed by atoms with Gasteiger partial charge in [-0.05, 0) is 95.5 Å². The molecule has 61 heavy (non-hydrogen) atoms. The predicted molar refractivity (Wildman–Crippen MR) is 232 cm³/mol. The van der Waals surface area contributed by atoms with E-state index in [4.69, 9.17) is 25.8 Å². The van der Waals surface area contributed by atoms with E-state index in [1.807, 2.05) is 65.0 Å². The number of methoxy groups -OCH3 is 3. The summed E-state index contributed by atoms with van der Waals surface area (Å²) in [6, 6.07) is 24.4. The molecule has 6 aromatic rings. The first-order valence-corrected chi connectivity index (χ1v) is 22.6. The molecule has 0 fully saturated rings. The number of rotatable bonds is 11. The first kappa shape index (κ1) is 46.5. The summed E-state index contributed by atoms with van der Waals surface area (Å²) in [6.45, 7) is 16.2. The fourth-order valence-electron chi connectivity index (χ4n) is 6.28. The van der Waals surface area contributed by atoms with Crippen LogP contribution < -0.4 is 9.47 Å². The van der Waals surface area contributed by atoms with Gasteiger partial charge in [-0.3, -0.25) is 4.79 Å². The van der Waals surface area contributed by atoms with Crippen molar-refractivity contribution in [3.05, 3.63) is 119 Å². The maximum atomic E-state index is 13.5. The standard InChI is InChI=1S/C23H27N3O5S.C21H24ClN3O3S/c1-15-7-12-20(30-5)18(13-15)26-19(14-21(27)31-6)22(24-25-26)32(28,29)17-10-8-16(9-11-17)23(2,3)4;1-14-6-11-19(28-5)17(12-14)25-18(13-22)20(23-24-25)29(26,27)16-9-7-15(8-10-16)21(2,3)4/h7-13H,14H2,1-6H3;6-12H,13H2,1-5H3. The van der Waals surface area contributed by atoms with E-state index < -0.39 is 25.6 Å². The predicted octanol–water partition coefficient (Wildman–Crippen LogP) is 7.88. The number of carbonyl (C=O) groups excluding carboxylic acids is 1. The van der Waals surface area contributed by atoms with Crippen LogP contribution in [0.25, 0.3) is 11.4 Å². The van der Waals surface area contributed by atoms with Crippen molar-refractivity contribution < 1.29 is 35.8 Å². The van der Waals surface area contributed by atoms with E-state index >= 15 is 0 Å². The molecule has 0 spiro atoms. The Labute approximate surface area is 362 Å². The van der Waals surface area contributed by atoms with Gasteiger partial charge in [-0.1, -0.05) is 88.4 Å². The van der Waals surface area contributed by atoms with E-state index in [1.54, 1.807) is 61.7 Å². The van der Waals surface area contributed by atoms with Crippen molar-refractivity contribution in [2.45, 2.75) is 98.4 Å². The molecule has 0 atom stereocenters. The van der Waals surface area contributed by atoms with Crippen molar-refractivity contribution >= 4 is 37.2 Å². The van der Waals surface area contributed by atoms with E-state index in [0.29, 0.717) is 22.9 Å². The number of hydrogen-bond acceptors (Lipinski definition) is 12. The quantitative estimate of drug-likeness (QED) is 0.0911. The highest BCUT2D eigenvalue weighted by atomic mass is 35.5. The van der Waals surface area contributed by atoms with E-state index in [-0.39, 0.29) is 54.4 Å². The van der Waals surface area contributed by atoms with Gasteiger partial charge in [0, 0.05) is 0 Å². The van der Waals surface area contributed by atoms with Gasteiger partial charge in [-0.2, -0.15) is 0 Å². The van der Waals surface area contributed by atoms with E-state index in [9.17, 15) is 21.6 Å². The lowest BCUT2D eigenvalue weighted by Crippen LogP contribution is -2.15. The molecule has 17 heteroatoms. The first-order chi connectivity index (χ1) is 28.6. The molecule has 0 aliphatic heterocycles. The largest absolute Gasteiger partial charge is 0.494 e. The summed E-state index contributed by atoms with van der Waals surface area (Å²) in [4.78, 5) is 12.4. The highest BCUT2D eigenvalue weighted by molar-refractivity contribution is 7.91. The van der Waals surface area contributed by atoms with Crippen LogP contribution >= 0.6 is 11.6 Å². The minimum absolute atomic E-state index is 0.0693. The Morgan fingerprint density at radius 3 is 1.33 bits per heavy atom. The molecule has 6 rings (SSSR count). The molecule has 0 aliphatic carbocycles. The van der Waals surface area contributed by atoms with Gasteiger partial charge in [-0.15, -0.1) is 21.8 Å². The number of carbonyl (C=O) groups is 1. The molecule has 4 aromatic carbocycles. The summed E-state index contributed by atoms with van der Waals surface area (Å²) >= 11 is 6.14. The zero-order valence-corrected chi connectivity index (χ0v) is 38.5. The van der Waals surface area contributed by atoms with Crippen LogP contribution in [0.15, 0.2) is 105 Å². The first-order valence-electron chi connectivity index (χ1n) is 19.1. The molecule has 0 radical (unpaired) electrons. The SMILES string of the molecule is COC(=O)Cc1c(S(=O)(=O)c2ccc(C(C)(C)C)cc2)nnn1-c1cc(C)ccc1OC.COc1ccc(C)cc1-n1nnc(S(=O)(=O)c2ccc(C(C)(C)C)cc2)c1CCl. The second-order valence-corrected chi connectivity index (χ2v) is 20.3. The summed E-state index contributed by atoms with van der Waals surface area (Å²) in [5.41, 5.74) is 5.17. The number of aromatic nitrogens is 6. The van der Waals surface area contributed by atoms with Gasteiger partial charge in [0.2, 0.25) is 29.7 Å². The van der Waals surface area contributed by atoms with Gasteiger partial charge >= 0.3 is 5.97 Å². The summed E-state index contributed by atoms with van der Waals surface area (Å²) < 4.78 is 71.7.